The summed E-state index contributed by atoms with van der Waals surface area (Å²) in [5, 5.41) is 14.0. The number of anilines is 3. The number of carbonyl (C=O) groups excluding carboxylic acids is 1. The first-order valence-corrected chi connectivity index (χ1v) is 15.6. The third kappa shape index (κ3) is 9.42. The number of esters is 1. The lowest BCUT2D eigenvalue weighted by Gasteiger charge is -2.23. The van der Waals surface area contributed by atoms with Gasteiger partial charge < -0.3 is 25.8 Å². The van der Waals surface area contributed by atoms with Crippen LogP contribution in [0.2, 0.25) is 0 Å². The maximum Gasteiger partial charge on any atom is 0.326 e. The monoisotopic (exact) mass is 618 g/mol. The summed E-state index contributed by atoms with van der Waals surface area (Å²) in [5.74, 6) is 1.76. The highest BCUT2D eigenvalue weighted by Gasteiger charge is 2.19. The van der Waals surface area contributed by atoms with Crippen molar-refractivity contribution in [3.63, 3.8) is 0 Å². The summed E-state index contributed by atoms with van der Waals surface area (Å²) in [5.41, 5.74) is 8.05. The Bertz CT molecular complexity index is 1640. The van der Waals surface area contributed by atoms with Crippen molar-refractivity contribution in [3.8, 4) is 12.3 Å². The minimum absolute atomic E-state index is 0.0350. The van der Waals surface area contributed by atoms with Gasteiger partial charge in [-0.05, 0) is 71.3 Å². The highest BCUT2D eigenvalue weighted by molar-refractivity contribution is 8.76. The summed E-state index contributed by atoms with van der Waals surface area (Å²) in [6.45, 7) is 0.962. The summed E-state index contributed by atoms with van der Waals surface area (Å²) in [7, 11) is 3.02. The number of carbonyl (C=O) groups is 2. The molecular weight excluding hydrogens is 589 g/mol. The largest absolute Gasteiger partial charge is 0.480 e. The summed E-state index contributed by atoms with van der Waals surface area (Å²) in [6, 6.07) is 17.2. The number of carboxylic acids is 1. The smallest absolute Gasteiger partial charge is 0.326 e. The fourth-order valence-electron chi connectivity index (χ4n) is 4.12. The number of carboxylic acid groups (broad SMARTS) is 1. The molecule has 0 saturated heterocycles. The number of pyridine rings is 1. The molecule has 0 saturated carbocycles. The molecular formula is C30H30N6O5S2. The summed E-state index contributed by atoms with van der Waals surface area (Å²) < 4.78 is 5.25. The summed E-state index contributed by atoms with van der Waals surface area (Å²) >= 11 is 0. The van der Waals surface area contributed by atoms with E-state index in [-0.39, 0.29) is 31.0 Å². The Balaban J connectivity index is 1.28. The van der Waals surface area contributed by atoms with Crippen molar-refractivity contribution in [2.45, 2.75) is 30.5 Å². The van der Waals surface area contributed by atoms with Gasteiger partial charge in [0.25, 0.3) is 5.56 Å². The molecule has 0 aliphatic rings. The number of benzene rings is 2. The SMILES string of the molecule is C#CCN(Cc1ccc2nc(N)[nH]c(=O)c2c1)c1ccc(N[C@@H](CCC(=O)OCCSSc2ccccn2)C(=O)O)cc1. The van der Waals surface area contributed by atoms with Gasteiger partial charge in [-0.15, -0.1) is 6.42 Å². The number of nitrogens with one attached hydrogen (secondary N) is 2. The Kier molecular flexibility index (Phi) is 11.3. The lowest BCUT2D eigenvalue weighted by molar-refractivity contribution is -0.143. The molecule has 4 rings (SSSR count). The molecule has 11 nitrogen and oxygen atoms in total. The Morgan fingerprint density at radius 3 is 2.72 bits per heavy atom. The second-order valence-corrected chi connectivity index (χ2v) is 11.7. The van der Waals surface area contributed by atoms with Crippen LogP contribution < -0.4 is 21.5 Å². The van der Waals surface area contributed by atoms with E-state index in [9.17, 15) is 19.5 Å². The van der Waals surface area contributed by atoms with E-state index in [1.807, 2.05) is 41.3 Å². The van der Waals surface area contributed by atoms with Crippen LogP contribution in [0.1, 0.15) is 18.4 Å². The van der Waals surface area contributed by atoms with Crippen molar-refractivity contribution in [2.75, 3.05) is 34.9 Å². The van der Waals surface area contributed by atoms with Crippen LogP contribution in [-0.2, 0) is 20.9 Å². The second-order valence-electron chi connectivity index (χ2n) is 9.28. The minimum atomic E-state index is -1.07. The van der Waals surface area contributed by atoms with Gasteiger partial charge in [0.1, 0.15) is 17.7 Å². The van der Waals surface area contributed by atoms with Crippen LogP contribution >= 0.6 is 21.6 Å². The Hall–Kier alpha value is -4.67. The standard InChI is InChI=1S/C30H30N6O5S2/c1-2-15-36(19-20-6-11-24-23(18-20)28(38)35-30(31)34-24)22-9-7-21(8-10-22)33-25(29(39)40)12-13-27(37)41-16-17-42-43-26-5-3-4-14-32-26/h1,3-11,14,18,25,33H,12-13,15-17,19H2,(H,39,40)(H3,31,34,35,38)/t25-/m0/s1. The molecule has 0 aliphatic heterocycles. The Morgan fingerprint density at radius 2 is 2.00 bits per heavy atom. The predicted octanol–water partition coefficient (Wildman–Crippen LogP) is 4.17. The molecule has 2 aromatic carbocycles. The van der Waals surface area contributed by atoms with E-state index in [0.29, 0.717) is 35.4 Å². The molecule has 0 unspecified atom stereocenters. The number of nitrogens with zero attached hydrogens (tertiary/aromatic N) is 3. The van der Waals surface area contributed by atoms with E-state index in [0.717, 1.165) is 16.3 Å². The number of nitrogens with two attached hydrogens (primary N) is 1. The molecule has 2 aromatic heterocycles. The number of hydrogen-bond acceptors (Lipinski definition) is 11. The first-order valence-electron chi connectivity index (χ1n) is 13.2. The average Bonchev–Trinajstić information content (AvgIpc) is 3.00. The molecule has 43 heavy (non-hydrogen) atoms. The van der Waals surface area contributed by atoms with Gasteiger partial charge >= 0.3 is 11.9 Å². The van der Waals surface area contributed by atoms with E-state index in [1.165, 1.54) is 21.6 Å². The molecule has 0 radical (unpaired) electrons. The average molecular weight is 619 g/mol. The highest BCUT2D eigenvalue weighted by Crippen LogP contribution is 2.28. The molecule has 0 bridgehead atoms. The van der Waals surface area contributed by atoms with Crippen molar-refractivity contribution < 1.29 is 19.4 Å². The molecule has 13 heteroatoms. The zero-order valence-corrected chi connectivity index (χ0v) is 24.7. The summed E-state index contributed by atoms with van der Waals surface area (Å²) in [4.78, 5) is 49.1. The Labute approximate surface area is 256 Å². The fraction of sp³-hybridized carbons (Fsp3) is 0.233. The number of terminal acetylenes is 1. The molecule has 0 spiro atoms. The minimum Gasteiger partial charge on any atom is -0.480 e. The number of H-pyrrole nitrogens is 1. The van der Waals surface area contributed by atoms with E-state index < -0.39 is 18.0 Å². The van der Waals surface area contributed by atoms with Gasteiger partial charge in [-0.25, -0.2) is 14.8 Å². The fourth-order valence-corrected chi connectivity index (χ4v) is 5.83. The van der Waals surface area contributed by atoms with Gasteiger partial charge in [0, 0.05) is 36.3 Å². The van der Waals surface area contributed by atoms with Crippen molar-refractivity contribution in [1.82, 2.24) is 15.0 Å². The van der Waals surface area contributed by atoms with Crippen molar-refractivity contribution in [1.29, 1.82) is 0 Å². The van der Waals surface area contributed by atoms with Gasteiger partial charge in [-0.1, -0.05) is 28.8 Å². The second kappa shape index (κ2) is 15.5. The predicted molar refractivity (Wildman–Crippen MR) is 171 cm³/mol. The maximum atomic E-state index is 12.3. The normalized spacial score (nSPS) is 11.4. The third-order valence-corrected chi connectivity index (χ3v) is 8.39. The van der Waals surface area contributed by atoms with Crippen LogP contribution in [0.3, 0.4) is 0 Å². The molecule has 0 fully saturated rings. The van der Waals surface area contributed by atoms with Crippen molar-refractivity contribution >= 4 is 61.8 Å². The van der Waals surface area contributed by atoms with Crippen LogP contribution in [0.4, 0.5) is 17.3 Å². The molecule has 4 aromatic rings. The molecule has 2 heterocycles. The number of aliphatic carboxylic acids is 1. The van der Waals surface area contributed by atoms with E-state index in [2.05, 4.69) is 26.2 Å². The van der Waals surface area contributed by atoms with E-state index in [4.69, 9.17) is 16.9 Å². The molecule has 5 N–H and O–H groups in total. The van der Waals surface area contributed by atoms with Gasteiger partial charge in [-0.2, -0.15) is 0 Å². The Morgan fingerprint density at radius 1 is 1.19 bits per heavy atom. The van der Waals surface area contributed by atoms with Gasteiger partial charge in [0.2, 0.25) is 5.95 Å². The lowest BCUT2D eigenvalue weighted by Crippen LogP contribution is -2.30. The highest BCUT2D eigenvalue weighted by atomic mass is 33.1. The van der Waals surface area contributed by atoms with E-state index >= 15 is 0 Å². The number of fused-ring (bicyclic) bond motifs is 1. The van der Waals surface area contributed by atoms with Gasteiger partial charge in [-0.3, -0.25) is 14.6 Å². The zero-order valence-electron chi connectivity index (χ0n) is 23.1. The number of aromatic amines is 1. The first kappa shape index (κ1) is 31.3. The van der Waals surface area contributed by atoms with Crippen LogP contribution in [0.25, 0.3) is 10.9 Å². The van der Waals surface area contributed by atoms with Crippen LogP contribution in [0.5, 0.6) is 0 Å². The maximum absolute atomic E-state index is 12.3. The van der Waals surface area contributed by atoms with E-state index in [1.54, 1.807) is 30.5 Å². The van der Waals surface area contributed by atoms with Gasteiger partial charge in [0.15, 0.2) is 0 Å². The topological polar surface area (TPSA) is 164 Å². The van der Waals surface area contributed by atoms with Crippen molar-refractivity contribution in [2.24, 2.45) is 0 Å². The number of hydrogen-bond donors (Lipinski definition) is 4. The molecule has 0 amide bonds. The molecule has 222 valence electrons. The van der Waals surface area contributed by atoms with Gasteiger partial charge in [0.05, 0.1) is 17.4 Å². The summed E-state index contributed by atoms with van der Waals surface area (Å²) in [6.07, 6.45) is 7.36. The number of aromatic nitrogens is 3. The van der Waals surface area contributed by atoms with Crippen LogP contribution in [-0.4, -0.2) is 56.9 Å². The number of nitrogen functional groups attached to an aromatic ring is 1. The quantitative estimate of drug-likeness (QED) is 0.0652. The molecule has 0 aliphatic carbocycles. The lowest BCUT2D eigenvalue weighted by atomic mass is 10.1. The van der Waals surface area contributed by atoms with Crippen LogP contribution in [0, 0.1) is 12.3 Å². The first-order chi connectivity index (χ1) is 20.8. The number of ether oxygens (including phenoxy) is 1. The van der Waals surface area contributed by atoms with Crippen LogP contribution in [0.15, 0.2) is 76.7 Å². The molecule has 1 atom stereocenters. The third-order valence-electron chi connectivity index (χ3n) is 6.16. The number of rotatable bonds is 15. The van der Waals surface area contributed by atoms with Crippen molar-refractivity contribution in [3.05, 3.63) is 82.8 Å². The zero-order chi connectivity index (χ0) is 30.6.